The van der Waals surface area contributed by atoms with E-state index in [1.54, 1.807) is 18.2 Å². The van der Waals surface area contributed by atoms with Gasteiger partial charge in [-0.3, -0.25) is 14.9 Å². The zero-order valence-electron chi connectivity index (χ0n) is 12.8. The summed E-state index contributed by atoms with van der Waals surface area (Å²) in [5.74, 6) is -0.480. The van der Waals surface area contributed by atoms with E-state index in [1.165, 1.54) is 24.3 Å². The maximum atomic E-state index is 12.0. The predicted molar refractivity (Wildman–Crippen MR) is 93.0 cm³/mol. The molecule has 25 heavy (non-hydrogen) atoms. The van der Waals surface area contributed by atoms with Crippen LogP contribution in [-0.2, 0) is 14.8 Å². The van der Waals surface area contributed by atoms with Crippen molar-refractivity contribution in [3.05, 3.63) is 63.7 Å². The Labute approximate surface area is 149 Å². The average molecular weight is 384 g/mol. The summed E-state index contributed by atoms with van der Waals surface area (Å²) in [6.07, 6.45) is -0.126. The molecule has 1 amide bonds. The Morgan fingerprint density at radius 1 is 1.16 bits per heavy atom. The number of nitrogens with zero attached hydrogens (tertiary/aromatic N) is 1. The first-order chi connectivity index (χ1) is 11.8. The highest BCUT2D eigenvalue weighted by Crippen LogP contribution is 2.26. The second-order valence-corrected chi connectivity index (χ2v) is 7.10. The molecular formula is C15H14ClN3O5S. The second kappa shape index (κ2) is 8.06. The van der Waals surface area contributed by atoms with Crippen LogP contribution >= 0.6 is 11.6 Å². The standard InChI is InChI=1S/C15H14ClN3O5S/c16-13-10-11(19(21)22)6-7-14(13)18-15(20)8-9-17-25(23,24)12-4-2-1-3-5-12/h1-7,10,17H,8-9H2,(H,18,20). The lowest BCUT2D eigenvalue weighted by Gasteiger charge is -2.08. The van der Waals surface area contributed by atoms with Crippen molar-refractivity contribution in [3.63, 3.8) is 0 Å². The normalized spacial score (nSPS) is 11.1. The zero-order valence-corrected chi connectivity index (χ0v) is 14.4. The number of nitro benzene ring substituents is 1. The van der Waals surface area contributed by atoms with Crippen LogP contribution in [0.4, 0.5) is 11.4 Å². The summed E-state index contributed by atoms with van der Waals surface area (Å²) in [7, 11) is -3.68. The summed E-state index contributed by atoms with van der Waals surface area (Å²) in [5.41, 5.74) is 0.0156. The molecule has 132 valence electrons. The van der Waals surface area contributed by atoms with E-state index in [-0.39, 0.29) is 34.3 Å². The number of benzene rings is 2. The Balaban J connectivity index is 1.90. The summed E-state index contributed by atoms with van der Waals surface area (Å²) in [6.45, 7) is -0.104. The molecule has 0 heterocycles. The number of rotatable bonds is 7. The Bertz CT molecular complexity index is 887. The lowest BCUT2D eigenvalue weighted by Crippen LogP contribution is -2.27. The van der Waals surface area contributed by atoms with Gasteiger partial charge in [-0.05, 0) is 18.2 Å². The number of halogens is 1. The Hall–Kier alpha value is -2.49. The summed E-state index contributed by atoms with van der Waals surface area (Å²) in [5, 5.41) is 13.1. The summed E-state index contributed by atoms with van der Waals surface area (Å²) < 4.78 is 26.3. The van der Waals surface area contributed by atoms with Crippen molar-refractivity contribution < 1.29 is 18.1 Å². The van der Waals surface area contributed by atoms with Gasteiger partial charge in [0.2, 0.25) is 15.9 Å². The van der Waals surface area contributed by atoms with Crippen molar-refractivity contribution in [2.45, 2.75) is 11.3 Å². The molecule has 0 aliphatic carbocycles. The molecule has 0 fully saturated rings. The number of amides is 1. The quantitative estimate of drug-likeness (QED) is 0.562. The minimum atomic E-state index is -3.68. The van der Waals surface area contributed by atoms with Gasteiger partial charge in [0.15, 0.2) is 0 Å². The van der Waals surface area contributed by atoms with Gasteiger partial charge in [-0.1, -0.05) is 29.8 Å². The van der Waals surface area contributed by atoms with Crippen LogP contribution in [0.25, 0.3) is 0 Å². The SMILES string of the molecule is O=C(CCNS(=O)(=O)c1ccccc1)Nc1ccc([N+](=O)[O-])cc1Cl. The molecule has 2 aromatic rings. The van der Waals surface area contributed by atoms with Gasteiger partial charge in [-0.15, -0.1) is 0 Å². The van der Waals surface area contributed by atoms with Gasteiger partial charge in [-0.25, -0.2) is 13.1 Å². The fourth-order valence-corrected chi connectivity index (χ4v) is 3.19. The number of sulfonamides is 1. The number of carbonyl (C=O) groups is 1. The molecule has 0 aromatic heterocycles. The number of hydrogen-bond acceptors (Lipinski definition) is 5. The van der Waals surface area contributed by atoms with Crippen molar-refractivity contribution >= 4 is 38.9 Å². The summed E-state index contributed by atoms with van der Waals surface area (Å²) in [4.78, 5) is 22.0. The van der Waals surface area contributed by atoms with E-state index >= 15 is 0 Å². The average Bonchev–Trinajstić information content (AvgIpc) is 2.57. The Morgan fingerprint density at radius 2 is 1.84 bits per heavy atom. The predicted octanol–water partition coefficient (Wildman–Crippen LogP) is 2.56. The highest BCUT2D eigenvalue weighted by atomic mass is 35.5. The minimum Gasteiger partial charge on any atom is -0.325 e. The smallest absolute Gasteiger partial charge is 0.271 e. The largest absolute Gasteiger partial charge is 0.325 e. The van der Waals surface area contributed by atoms with Crippen LogP contribution < -0.4 is 10.0 Å². The van der Waals surface area contributed by atoms with Crippen LogP contribution in [0, 0.1) is 10.1 Å². The monoisotopic (exact) mass is 383 g/mol. The van der Waals surface area contributed by atoms with E-state index < -0.39 is 20.9 Å². The number of nitro groups is 1. The van der Waals surface area contributed by atoms with Crippen molar-refractivity contribution in [1.82, 2.24) is 4.72 Å². The van der Waals surface area contributed by atoms with Gasteiger partial charge < -0.3 is 5.32 Å². The molecule has 0 radical (unpaired) electrons. The van der Waals surface area contributed by atoms with Gasteiger partial charge in [0.1, 0.15) is 0 Å². The number of non-ortho nitro benzene ring substituents is 1. The first kappa shape index (κ1) is 18.8. The first-order valence-electron chi connectivity index (χ1n) is 7.08. The molecule has 0 saturated carbocycles. The second-order valence-electron chi connectivity index (χ2n) is 4.93. The van der Waals surface area contributed by atoms with Gasteiger partial charge in [0, 0.05) is 25.1 Å². The Morgan fingerprint density at radius 3 is 2.44 bits per heavy atom. The molecule has 2 N–H and O–H groups in total. The number of carbonyl (C=O) groups excluding carboxylic acids is 1. The van der Waals surface area contributed by atoms with Crippen LogP contribution in [0.5, 0.6) is 0 Å². The van der Waals surface area contributed by atoms with E-state index in [9.17, 15) is 23.3 Å². The van der Waals surface area contributed by atoms with Gasteiger partial charge in [0.05, 0.1) is 20.5 Å². The molecule has 8 nitrogen and oxygen atoms in total. The van der Waals surface area contributed by atoms with E-state index in [1.807, 2.05) is 0 Å². The molecule has 2 aromatic carbocycles. The molecule has 0 saturated heterocycles. The highest BCUT2D eigenvalue weighted by Gasteiger charge is 2.15. The topological polar surface area (TPSA) is 118 Å². The molecule has 0 atom stereocenters. The maximum absolute atomic E-state index is 12.0. The molecule has 0 aliphatic rings. The maximum Gasteiger partial charge on any atom is 0.271 e. The van der Waals surface area contributed by atoms with Crippen molar-refractivity contribution in [2.75, 3.05) is 11.9 Å². The fraction of sp³-hybridized carbons (Fsp3) is 0.133. The third-order valence-electron chi connectivity index (χ3n) is 3.14. The lowest BCUT2D eigenvalue weighted by molar-refractivity contribution is -0.384. The molecular weight excluding hydrogens is 370 g/mol. The molecule has 0 unspecified atom stereocenters. The lowest BCUT2D eigenvalue weighted by atomic mass is 10.2. The summed E-state index contributed by atoms with van der Waals surface area (Å²) >= 11 is 5.87. The van der Waals surface area contributed by atoms with Crippen LogP contribution in [0.1, 0.15) is 6.42 Å². The van der Waals surface area contributed by atoms with Crippen LogP contribution in [0.3, 0.4) is 0 Å². The molecule has 0 aliphatic heterocycles. The van der Waals surface area contributed by atoms with Crippen molar-refractivity contribution in [1.29, 1.82) is 0 Å². The number of hydrogen-bond donors (Lipinski definition) is 2. The molecule has 10 heteroatoms. The number of anilines is 1. The third-order valence-corrected chi connectivity index (χ3v) is 4.92. The van der Waals surface area contributed by atoms with E-state index in [4.69, 9.17) is 11.6 Å². The minimum absolute atomic E-state index is 0.0208. The van der Waals surface area contributed by atoms with Gasteiger partial charge in [0.25, 0.3) is 5.69 Å². The van der Waals surface area contributed by atoms with E-state index in [2.05, 4.69) is 10.0 Å². The fourth-order valence-electron chi connectivity index (χ4n) is 1.91. The van der Waals surface area contributed by atoms with Crippen LogP contribution in [0.15, 0.2) is 53.4 Å². The summed E-state index contributed by atoms with van der Waals surface area (Å²) in [6, 6.07) is 11.4. The van der Waals surface area contributed by atoms with Crippen LogP contribution in [0.2, 0.25) is 5.02 Å². The van der Waals surface area contributed by atoms with E-state index in [0.29, 0.717) is 0 Å². The molecule has 0 spiro atoms. The van der Waals surface area contributed by atoms with Crippen molar-refractivity contribution in [3.8, 4) is 0 Å². The highest BCUT2D eigenvalue weighted by molar-refractivity contribution is 7.89. The van der Waals surface area contributed by atoms with Gasteiger partial charge >= 0.3 is 0 Å². The van der Waals surface area contributed by atoms with Gasteiger partial charge in [-0.2, -0.15) is 0 Å². The zero-order chi connectivity index (χ0) is 18.4. The van der Waals surface area contributed by atoms with Crippen molar-refractivity contribution in [2.24, 2.45) is 0 Å². The molecule has 2 rings (SSSR count). The first-order valence-corrected chi connectivity index (χ1v) is 8.94. The number of nitrogens with one attached hydrogen (secondary N) is 2. The van der Waals surface area contributed by atoms with E-state index in [0.717, 1.165) is 6.07 Å². The molecule has 0 bridgehead atoms. The van der Waals surface area contributed by atoms with Crippen LogP contribution in [-0.4, -0.2) is 25.8 Å². The Kier molecular flexibility index (Phi) is 6.07. The third kappa shape index (κ3) is 5.24.